The van der Waals surface area contributed by atoms with Crippen molar-refractivity contribution in [2.24, 2.45) is 5.10 Å². The van der Waals surface area contributed by atoms with Crippen molar-refractivity contribution in [3.63, 3.8) is 0 Å². The smallest absolute Gasteiger partial charge is 0.470 e. The minimum absolute atomic E-state index is 0.704. The number of alkyl halides is 3. The van der Waals surface area contributed by atoms with Gasteiger partial charge >= 0.3 is 12.1 Å². The SMILES string of the molecule is COc1ccc(/C=C\C2NN=C(C(F)(F)F)O2)cc1. The van der Waals surface area contributed by atoms with E-state index in [-0.39, 0.29) is 0 Å². The van der Waals surface area contributed by atoms with Gasteiger partial charge in [0.05, 0.1) is 7.11 Å². The van der Waals surface area contributed by atoms with Crippen LogP contribution in [0.15, 0.2) is 35.4 Å². The van der Waals surface area contributed by atoms with Gasteiger partial charge in [-0.1, -0.05) is 18.2 Å². The zero-order valence-electron chi connectivity index (χ0n) is 9.94. The Balaban J connectivity index is 1.94. The van der Waals surface area contributed by atoms with Crippen molar-refractivity contribution in [2.45, 2.75) is 12.4 Å². The van der Waals surface area contributed by atoms with E-state index in [9.17, 15) is 13.2 Å². The van der Waals surface area contributed by atoms with E-state index in [2.05, 4.69) is 15.3 Å². The van der Waals surface area contributed by atoms with Crippen LogP contribution in [0.2, 0.25) is 0 Å². The molecule has 0 amide bonds. The molecule has 1 aromatic rings. The number of rotatable bonds is 3. The molecule has 102 valence electrons. The van der Waals surface area contributed by atoms with Crippen LogP contribution in [-0.2, 0) is 4.74 Å². The lowest BCUT2D eigenvalue weighted by Gasteiger charge is -2.08. The number of methoxy groups -OCH3 is 1. The number of hydrazone groups is 1. The average Bonchev–Trinajstić information content (AvgIpc) is 2.86. The highest BCUT2D eigenvalue weighted by Crippen LogP contribution is 2.21. The lowest BCUT2D eigenvalue weighted by atomic mass is 10.2. The quantitative estimate of drug-likeness (QED) is 0.919. The lowest BCUT2D eigenvalue weighted by molar-refractivity contribution is -0.0776. The molecule has 1 heterocycles. The van der Waals surface area contributed by atoms with Gasteiger partial charge in [0.25, 0.3) is 0 Å². The van der Waals surface area contributed by atoms with Gasteiger partial charge in [0, 0.05) is 0 Å². The van der Waals surface area contributed by atoms with Crippen LogP contribution in [-0.4, -0.2) is 25.4 Å². The van der Waals surface area contributed by atoms with Crippen molar-refractivity contribution >= 4 is 12.0 Å². The molecule has 0 aromatic heterocycles. The van der Waals surface area contributed by atoms with Crippen molar-refractivity contribution < 1.29 is 22.6 Å². The second kappa shape index (κ2) is 5.21. The van der Waals surface area contributed by atoms with Crippen molar-refractivity contribution in [1.82, 2.24) is 5.43 Å². The van der Waals surface area contributed by atoms with E-state index in [0.717, 1.165) is 5.56 Å². The van der Waals surface area contributed by atoms with Crippen molar-refractivity contribution in [3.05, 3.63) is 35.9 Å². The Hall–Kier alpha value is -2.18. The molecule has 1 aliphatic heterocycles. The predicted molar refractivity (Wildman–Crippen MR) is 63.5 cm³/mol. The molecule has 4 nitrogen and oxygen atoms in total. The third-order valence-corrected chi connectivity index (χ3v) is 2.35. The Bertz CT molecular complexity index is 495. The molecule has 0 radical (unpaired) electrons. The first kappa shape index (κ1) is 13.3. The summed E-state index contributed by atoms with van der Waals surface area (Å²) in [5.41, 5.74) is 3.05. The van der Waals surface area contributed by atoms with Gasteiger partial charge in [0.2, 0.25) is 6.23 Å². The molecular weight excluding hydrogens is 261 g/mol. The second-order valence-corrected chi connectivity index (χ2v) is 3.71. The van der Waals surface area contributed by atoms with E-state index in [1.165, 1.54) is 6.08 Å². The standard InChI is InChI=1S/C12H11F3N2O2/c1-18-9-5-2-8(3-6-9)4-7-10-16-17-11(19-10)12(13,14)15/h2-7,10,16H,1H3/b7-4-. The molecule has 19 heavy (non-hydrogen) atoms. The van der Waals surface area contributed by atoms with Crippen LogP contribution in [0.5, 0.6) is 5.75 Å². The molecule has 1 aromatic carbocycles. The fourth-order valence-electron chi connectivity index (χ4n) is 1.42. The maximum atomic E-state index is 12.2. The summed E-state index contributed by atoms with van der Waals surface area (Å²) < 4.78 is 46.3. The highest BCUT2D eigenvalue weighted by molar-refractivity contribution is 5.83. The molecule has 2 rings (SSSR count). The van der Waals surface area contributed by atoms with Gasteiger partial charge in [0.1, 0.15) is 5.75 Å². The second-order valence-electron chi connectivity index (χ2n) is 3.71. The maximum Gasteiger partial charge on any atom is 0.470 e. The lowest BCUT2D eigenvalue weighted by Crippen LogP contribution is -2.25. The van der Waals surface area contributed by atoms with Crippen LogP contribution in [0.25, 0.3) is 6.08 Å². The average molecular weight is 272 g/mol. The van der Waals surface area contributed by atoms with Crippen LogP contribution in [0, 0.1) is 0 Å². The van der Waals surface area contributed by atoms with E-state index < -0.39 is 18.3 Å². The topological polar surface area (TPSA) is 42.8 Å². The number of nitrogens with one attached hydrogen (secondary N) is 1. The number of hydrogen-bond donors (Lipinski definition) is 1. The molecular formula is C12H11F3N2O2. The predicted octanol–water partition coefficient (Wildman–Crippen LogP) is 2.53. The summed E-state index contributed by atoms with van der Waals surface area (Å²) in [5, 5.41) is 3.08. The summed E-state index contributed by atoms with van der Waals surface area (Å²) in [7, 11) is 1.55. The van der Waals surface area contributed by atoms with E-state index in [1.54, 1.807) is 37.5 Å². The summed E-state index contributed by atoms with van der Waals surface area (Å²) in [6.07, 6.45) is -2.41. The van der Waals surface area contributed by atoms with Crippen molar-refractivity contribution in [3.8, 4) is 5.75 Å². The van der Waals surface area contributed by atoms with Gasteiger partial charge in [-0.2, -0.15) is 13.2 Å². The normalized spacial score (nSPS) is 18.9. The van der Waals surface area contributed by atoms with Gasteiger partial charge in [-0.15, -0.1) is 5.10 Å². The number of ether oxygens (including phenoxy) is 2. The largest absolute Gasteiger partial charge is 0.497 e. The first-order valence-corrected chi connectivity index (χ1v) is 5.38. The highest BCUT2D eigenvalue weighted by Gasteiger charge is 2.42. The van der Waals surface area contributed by atoms with Gasteiger partial charge in [0.15, 0.2) is 0 Å². The summed E-state index contributed by atoms with van der Waals surface area (Å²) in [4.78, 5) is 0. The molecule has 1 atom stereocenters. The molecule has 0 saturated heterocycles. The molecule has 1 unspecified atom stereocenters. The summed E-state index contributed by atoms with van der Waals surface area (Å²) in [6.45, 7) is 0. The molecule has 0 aliphatic carbocycles. The van der Waals surface area contributed by atoms with Gasteiger partial charge in [-0.05, 0) is 23.8 Å². The zero-order chi connectivity index (χ0) is 13.9. The van der Waals surface area contributed by atoms with Crippen LogP contribution in [0.4, 0.5) is 13.2 Å². The Labute approximate surface area is 107 Å². The van der Waals surface area contributed by atoms with Gasteiger partial charge < -0.3 is 9.47 Å². The summed E-state index contributed by atoms with van der Waals surface area (Å²) in [5.74, 6) is -0.563. The Morgan fingerprint density at radius 3 is 2.53 bits per heavy atom. The fourth-order valence-corrected chi connectivity index (χ4v) is 1.42. The van der Waals surface area contributed by atoms with E-state index in [1.807, 2.05) is 0 Å². The zero-order valence-corrected chi connectivity index (χ0v) is 9.94. The number of halogens is 3. The maximum absolute atomic E-state index is 12.2. The van der Waals surface area contributed by atoms with Crippen LogP contribution < -0.4 is 10.2 Å². The van der Waals surface area contributed by atoms with Crippen LogP contribution in [0.3, 0.4) is 0 Å². The summed E-state index contributed by atoms with van der Waals surface area (Å²) >= 11 is 0. The Morgan fingerprint density at radius 1 is 1.32 bits per heavy atom. The molecule has 1 N–H and O–H groups in total. The molecule has 7 heteroatoms. The number of nitrogens with zero attached hydrogens (tertiary/aromatic N) is 1. The van der Waals surface area contributed by atoms with Crippen molar-refractivity contribution in [2.75, 3.05) is 7.11 Å². The highest BCUT2D eigenvalue weighted by atomic mass is 19.4. The number of benzene rings is 1. The fraction of sp³-hybridized carbons (Fsp3) is 0.250. The molecule has 0 bridgehead atoms. The monoisotopic (exact) mass is 272 g/mol. The Kier molecular flexibility index (Phi) is 3.64. The molecule has 0 spiro atoms. The first-order chi connectivity index (χ1) is 8.99. The van der Waals surface area contributed by atoms with E-state index in [0.29, 0.717) is 5.75 Å². The minimum atomic E-state index is -4.57. The molecule has 0 fully saturated rings. The van der Waals surface area contributed by atoms with Gasteiger partial charge in [-0.25, -0.2) is 0 Å². The first-order valence-electron chi connectivity index (χ1n) is 5.38. The van der Waals surface area contributed by atoms with Crippen molar-refractivity contribution in [1.29, 1.82) is 0 Å². The Morgan fingerprint density at radius 2 is 2.00 bits per heavy atom. The third-order valence-electron chi connectivity index (χ3n) is 2.35. The minimum Gasteiger partial charge on any atom is -0.497 e. The van der Waals surface area contributed by atoms with Gasteiger partial charge in [-0.3, -0.25) is 5.43 Å². The summed E-state index contributed by atoms with van der Waals surface area (Å²) in [6, 6.07) is 7.05. The molecule has 0 saturated carbocycles. The third kappa shape index (κ3) is 3.40. The van der Waals surface area contributed by atoms with E-state index in [4.69, 9.17) is 4.74 Å². The molecule has 1 aliphatic rings. The van der Waals surface area contributed by atoms with Crippen LogP contribution >= 0.6 is 0 Å². The van der Waals surface area contributed by atoms with Crippen LogP contribution in [0.1, 0.15) is 5.56 Å². The number of hydrogen-bond acceptors (Lipinski definition) is 4. The van der Waals surface area contributed by atoms with E-state index >= 15 is 0 Å².